The van der Waals surface area contributed by atoms with Gasteiger partial charge in [0.2, 0.25) is 5.75 Å². The van der Waals surface area contributed by atoms with Crippen LogP contribution >= 0.6 is 39.9 Å². The first kappa shape index (κ1) is 19.3. The number of ether oxygens (including phenoxy) is 1. The maximum Gasteiger partial charge on any atom is 0.315 e. The van der Waals surface area contributed by atoms with E-state index in [1.165, 1.54) is 30.2 Å². The molecule has 0 unspecified atom stereocenters. The van der Waals surface area contributed by atoms with Crippen molar-refractivity contribution in [3.63, 3.8) is 0 Å². The number of amides is 1. The van der Waals surface area contributed by atoms with E-state index in [-0.39, 0.29) is 11.7 Å². The number of phenolic OH excluding ortho intramolecular Hbond substituents is 1. The summed E-state index contributed by atoms with van der Waals surface area (Å²) in [5.41, 5.74) is 0.454. The number of hydrogen-bond donors (Lipinski definition) is 1. The maximum absolute atomic E-state index is 12.8. The number of thiocarbonyl (C=S) groups is 1. The third-order valence-corrected chi connectivity index (χ3v) is 5.50. The Kier molecular flexibility index (Phi) is 5.49. The second-order valence-electron chi connectivity index (χ2n) is 5.34. The average molecular weight is 467 g/mol. The maximum atomic E-state index is 12.8. The van der Waals surface area contributed by atoms with Gasteiger partial charge in [-0.3, -0.25) is 19.8 Å². The monoisotopic (exact) mass is 466 g/mol. The van der Waals surface area contributed by atoms with E-state index in [0.717, 1.165) is 16.2 Å². The number of methoxy groups -OCH3 is 1. The highest BCUT2D eigenvalue weighted by atomic mass is 79.9. The SMILES string of the molecule is COc1cc(/C=C2/SC(=S)N(c3ccc(Br)cc3)C2=O)cc([N+](=O)[O-])c1O. The predicted molar refractivity (Wildman–Crippen MR) is 111 cm³/mol. The van der Waals surface area contributed by atoms with Crippen molar-refractivity contribution in [2.75, 3.05) is 12.0 Å². The molecule has 2 aromatic carbocycles. The third-order valence-electron chi connectivity index (χ3n) is 3.67. The van der Waals surface area contributed by atoms with Gasteiger partial charge in [-0.05, 0) is 42.0 Å². The predicted octanol–water partition coefficient (Wildman–Crippen LogP) is 4.48. The second kappa shape index (κ2) is 7.67. The van der Waals surface area contributed by atoms with Crippen LogP contribution < -0.4 is 9.64 Å². The molecule has 7 nitrogen and oxygen atoms in total. The minimum atomic E-state index is -0.720. The molecule has 138 valence electrons. The van der Waals surface area contributed by atoms with Crippen molar-refractivity contribution in [3.8, 4) is 11.5 Å². The number of phenols is 1. The van der Waals surface area contributed by atoms with Gasteiger partial charge in [-0.2, -0.15) is 0 Å². The number of halogens is 1. The van der Waals surface area contributed by atoms with E-state index in [4.69, 9.17) is 17.0 Å². The lowest BCUT2D eigenvalue weighted by Gasteiger charge is -2.14. The summed E-state index contributed by atoms with van der Waals surface area (Å²) in [6.07, 6.45) is 1.48. The molecule has 0 atom stereocenters. The second-order valence-corrected chi connectivity index (χ2v) is 7.93. The van der Waals surface area contributed by atoms with E-state index in [1.54, 1.807) is 24.3 Å². The van der Waals surface area contributed by atoms with E-state index in [0.29, 0.717) is 20.5 Å². The molecule has 3 rings (SSSR count). The summed E-state index contributed by atoms with van der Waals surface area (Å²) >= 11 is 9.73. The summed E-state index contributed by atoms with van der Waals surface area (Å²) in [6.45, 7) is 0. The van der Waals surface area contributed by atoms with Gasteiger partial charge in [0.15, 0.2) is 10.1 Å². The average Bonchev–Trinajstić information content (AvgIpc) is 2.90. The Bertz CT molecular complexity index is 992. The molecule has 0 spiro atoms. The number of benzene rings is 2. The molecule has 0 aliphatic carbocycles. The Balaban J connectivity index is 2.00. The number of hydrogen-bond acceptors (Lipinski definition) is 7. The van der Waals surface area contributed by atoms with Crippen molar-refractivity contribution >= 4 is 67.6 Å². The molecule has 10 heteroatoms. The zero-order valence-corrected chi connectivity index (χ0v) is 16.9. The van der Waals surface area contributed by atoms with Crippen molar-refractivity contribution in [1.82, 2.24) is 0 Å². The van der Waals surface area contributed by atoms with Crippen LogP contribution in [0.3, 0.4) is 0 Å². The lowest BCUT2D eigenvalue weighted by molar-refractivity contribution is -0.386. The normalized spacial score (nSPS) is 15.5. The van der Waals surface area contributed by atoms with E-state index >= 15 is 0 Å². The summed E-state index contributed by atoms with van der Waals surface area (Å²) < 4.78 is 6.20. The quantitative estimate of drug-likeness (QED) is 0.307. The fourth-order valence-corrected chi connectivity index (χ4v) is 3.99. The number of nitrogens with zero attached hydrogens (tertiary/aromatic N) is 2. The summed E-state index contributed by atoms with van der Waals surface area (Å²) in [7, 11) is 1.29. The summed E-state index contributed by atoms with van der Waals surface area (Å²) in [6, 6.07) is 9.69. The van der Waals surface area contributed by atoms with Crippen molar-refractivity contribution < 1.29 is 19.6 Å². The molecular formula is C17H11BrN2O5S2. The minimum Gasteiger partial charge on any atom is -0.500 e. The zero-order valence-electron chi connectivity index (χ0n) is 13.7. The van der Waals surface area contributed by atoms with Crippen molar-refractivity contribution in [1.29, 1.82) is 0 Å². The minimum absolute atomic E-state index is 0.0566. The number of anilines is 1. The number of rotatable bonds is 4. The van der Waals surface area contributed by atoms with Gasteiger partial charge in [0, 0.05) is 10.5 Å². The Labute approximate surface area is 171 Å². The van der Waals surface area contributed by atoms with Crippen LogP contribution in [-0.4, -0.2) is 27.4 Å². The number of aromatic hydroxyl groups is 1. The van der Waals surface area contributed by atoms with Gasteiger partial charge >= 0.3 is 5.69 Å². The molecular weight excluding hydrogens is 456 g/mol. The molecule has 27 heavy (non-hydrogen) atoms. The third kappa shape index (κ3) is 3.82. The molecule has 1 aliphatic heterocycles. The molecule has 1 heterocycles. The molecule has 1 saturated heterocycles. The number of nitro groups is 1. The molecule has 1 amide bonds. The fourth-order valence-electron chi connectivity index (χ4n) is 2.42. The van der Waals surface area contributed by atoms with Gasteiger partial charge < -0.3 is 9.84 Å². The van der Waals surface area contributed by atoms with Crippen molar-refractivity contribution in [3.05, 3.63) is 61.5 Å². The van der Waals surface area contributed by atoms with E-state index < -0.39 is 16.4 Å². The van der Waals surface area contributed by atoms with E-state index in [2.05, 4.69) is 15.9 Å². The molecule has 0 bridgehead atoms. The van der Waals surface area contributed by atoms with Crippen LogP contribution in [-0.2, 0) is 4.79 Å². The van der Waals surface area contributed by atoms with Crippen LogP contribution in [0, 0.1) is 10.1 Å². The first-order chi connectivity index (χ1) is 12.8. The zero-order chi connectivity index (χ0) is 19.7. The summed E-state index contributed by atoms with van der Waals surface area (Å²) in [5.74, 6) is -0.956. The molecule has 0 saturated carbocycles. The van der Waals surface area contributed by atoms with Gasteiger partial charge in [0.1, 0.15) is 0 Å². The van der Waals surface area contributed by atoms with Gasteiger partial charge in [0.05, 0.1) is 22.6 Å². The van der Waals surface area contributed by atoms with Crippen LogP contribution in [0.25, 0.3) is 6.08 Å². The molecule has 2 aromatic rings. The van der Waals surface area contributed by atoms with Crippen LogP contribution in [0.1, 0.15) is 5.56 Å². The van der Waals surface area contributed by atoms with Gasteiger partial charge in [0.25, 0.3) is 5.91 Å². The summed E-state index contributed by atoms with van der Waals surface area (Å²) in [5, 5.41) is 21.0. The standard InChI is InChI=1S/C17H11BrN2O5S2/c1-25-13-7-9(6-12(15(13)21)20(23)24)8-14-16(22)19(17(26)27-14)11-4-2-10(18)3-5-11/h2-8,21H,1H3/b14-8+. The van der Waals surface area contributed by atoms with Crippen LogP contribution in [0.2, 0.25) is 0 Å². The van der Waals surface area contributed by atoms with Crippen LogP contribution in [0.15, 0.2) is 45.8 Å². The molecule has 1 aliphatic rings. The van der Waals surface area contributed by atoms with Crippen molar-refractivity contribution in [2.24, 2.45) is 0 Å². The Hall–Kier alpha value is -2.43. The lowest BCUT2D eigenvalue weighted by atomic mass is 10.1. The molecule has 1 fully saturated rings. The van der Waals surface area contributed by atoms with Gasteiger partial charge in [-0.1, -0.05) is 39.9 Å². The first-order valence-electron chi connectivity index (χ1n) is 7.40. The Morgan fingerprint density at radius 1 is 1.33 bits per heavy atom. The highest BCUT2D eigenvalue weighted by Crippen LogP contribution is 2.40. The van der Waals surface area contributed by atoms with E-state index in [9.17, 15) is 20.0 Å². The van der Waals surface area contributed by atoms with Crippen LogP contribution in [0.4, 0.5) is 11.4 Å². The van der Waals surface area contributed by atoms with Crippen LogP contribution in [0.5, 0.6) is 11.5 Å². The highest BCUT2D eigenvalue weighted by Gasteiger charge is 2.33. The molecule has 1 N–H and O–H groups in total. The van der Waals surface area contributed by atoms with E-state index in [1.807, 2.05) is 0 Å². The first-order valence-corrected chi connectivity index (χ1v) is 9.42. The fraction of sp³-hybridized carbons (Fsp3) is 0.0588. The number of carbonyl (C=O) groups is 1. The van der Waals surface area contributed by atoms with Gasteiger partial charge in [-0.15, -0.1) is 0 Å². The number of thioether (sulfide) groups is 1. The largest absolute Gasteiger partial charge is 0.500 e. The lowest BCUT2D eigenvalue weighted by Crippen LogP contribution is -2.27. The topological polar surface area (TPSA) is 92.9 Å². The number of nitro benzene ring substituents is 1. The Morgan fingerprint density at radius 3 is 2.59 bits per heavy atom. The van der Waals surface area contributed by atoms with Crippen molar-refractivity contribution in [2.45, 2.75) is 0 Å². The Morgan fingerprint density at radius 2 is 2.00 bits per heavy atom. The molecule has 0 radical (unpaired) electrons. The highest BCUT2D eigenvalue weighted by molar-refractivity contribution is 9.10. The smallest absolute Gasteiger partial charge is 0.315 e. The molecule has 0 aromatic heterocycles. The summed E-state index contributed by atoms with van der Waals surface area (Å²) in [4.78, 5) is 24.9. The van der Waals surface area contributed by atoms with Gasteiger partial charge in [-0.25, -0.2) is 0 Å². The number of carbonyl (C=O) groups excluding carboxylic acids is 1.